The fourth-order valence-electron chi connectivity index (χ4n) is 2.00. The summed E-state index contributed by atoms with van der Waals surface area (Å²) < 4.78 is 5.84. The van der Waals surface area contributed by atoms with Gasteiger partial charge in [0.25, 0.3) is 0 Å². The second kappa shape index (κ2) is 9.57. The molecule has 1 N–H and O–H groups in total. The molecule has 0 bridgehead atoms. The Morgan fingerprint density at radius 3 is 1.89 bits per heavy atom. The highest BCUT2D eigenvalue weighted by Crippen LogP contribution is 2.25. The zero-order valence-corrected chi connectivity index (χ0v) is 13.9. The quantitative estimate of drug-likeness (QED) is 0.656. The van der Waals surface area contributed by atoms with E-state index in [-0.39, 0.29) is 10.8 Å². The van der Waals surface area contributed by atoms with Gasteiger partial charge in [0.2, 0.25) is 0 Å². The Morgan fingerprint density at radius 2 is 1.50 bits per heavy atom. The van der Waals surface area contributed by atoms with E-state index >= 15 is 0 Å². The van der Waals surface area contributed by atoms with E-state index in [1.54, 1.807) is 0 Å². The van der Waals surface area contributed by atoms with Crippen molar-refractivity contribution in [2.45, 2.75) is 54.9 Å². The number of hydrogen-bond donors (Lipinski definition) is 1. The van der Waals surface area contributed by atoms with Crippen LogP contribution in [0.15, 0.2) is 12.2 Å². The van der Waals surface area contributed by atoms with Gasteiger partial charge in [0.15, 0.2) is 0 Å². The second-order valence-corrected chi connectivity index (χ2v) is 6.49. The highest BCUT2D eigenvalue weighted by atomic mass is 16.5. The molecule has 0 saturated heterocycles. The van der Waals surface area contributed by atoms with Crippen molar-refractivity contribution < 1.29 is 4.74 Å². The van der Waals surface area contributed by atoms with Crippen LogP contribution in [-0.4, -0.2) is 26.8 Å². The third-order valence-electron chi connectivity index (χ3n) is 2.42. The first-order valence-corrected chi connectivity index (χ1v) is 7.05. The molecule has 0 amide bonds. The molecule has 0 rings (SSSR count). The van der Waals surface area contributed by atoms with E-state index in [9.17, 15) is 0 Å². The maximum Gasteiger partial charge on any atom is 0.0529 e. The maximum atomic E-state index is 5.84. The highest BCUT2D eigenvalue weighted by Gasteiger charge is 2.22. The van der Waals surface area contributed by atoms with Gasteiger partial charge < -0.3 is 10.1 Å². The SMILES string of the molecule is C=C(C)CC(C)(C)COCC(C)(C)CNC.CC. The van der Waals surface area contributed by atoms with Crippen molar-refractivity contribution >= 4 is 0 Å². The first kappa shape index (κ1) is 20.0. The monoisotopic (exact) mass is 257 g/mol. The molecule has 2 nitrogen and oxygen atoms in total. The summed E-state index contributed by atoms with van der Waals surface area (Å²) in [7, 11) is 1.98. The number of rotatable bonds is 8. The van der Waals surface area contributed by atoms with Crippen LogP contribution in [0.3, 0.4) is 0 Å². The minimum absolute atomic E-state index is 0.196. The number of ether oxygens (including phenoxy) is 1. The molecule has 18 heavy (non-hydrogen) atoms. The van der Waals surface area contributed by atoms with Crippen LogP contribution in [0.1, 0.15) is 54.9 Å². The van der Waals surface area contributed by atoms with Gasteiger partial charge in [-0.25, -0.2) is 0 Å². The molecule has 2 heteroatoms. The summed E-state index contributed by atoms with van der Waals surface area (Å²) >= 11 is 0. The second-order valence-electron chi connectivity index (χ2n) is 6.49. The number of hydrogen-bond acceptors (Lipinski definition) is 2. The van der Waals surface area contributed by atoms with E-state index in [0.29, 0.717) is 0 Å². The Hall–Kier alpha value is -0.340. The summed E-state index contributed by atoms with van der Waals surface area (Å²) in [6.45, 7) is 21.5. The molecule has 0 aliphatic rings. The minimum Gasteiger partial charge on any atom is -0.380 e. The largest absolute Gasteiger partial charge is 0.380 e. The van der Waals surface area contributed by atoms with Crippen LogP contribution in [0.5, 0.6) is 0 Å². The van der Waals surface area contributed by atoms with Gasteiger partial charge >= 0.3 is 0 Å². The molecule has 0 heterocycles. The summed E-state index contributed by atoms with van der Waals surface area (Å²) in [5.74, 6) is 0. The topological polar surface area (TPSA) is 21.3 Å². The lowest BCUT2D eigenvalue weighted by Crippen LogP contribution is -2.33. The Labute approximate surface area is 115 Å². The van der Waals surface area contributed by atoms with Crippen LogP contribution in [0.4, 0.5) is 0 Å². The standard InChI is InChI=1S/C14H29NO.C2H6/c1-12(2)8-13(3,4)10-16-11-14(5,6)9-15-7;1-2/h15H,1,8-11H2,2-7H3;1-2H3. The van der Waals surface area contributed by atoms with Crippen LogP contribution < -0.4 is 5.32 Å². The fourth-order valence-corrected chi connectivity index (χ4v) is 2.00. The maximum absolute atomic E-state index is 5.84. The smallest absolute Gasteiger partial charge is 0.0529 e. The lowest BCUT2D eigenvalue weighted by molar-refractivity contribution is 0.0162. The average Bonchev–Trinajstić information content (AvgIpc) is 2.17. The highest BCUT2D eigenvalue weighted by molar-refractivity contribution is 4.93. The van der Waals surface area contributed by atoms with E-state index < -0.39 is 0 Å². The summed E-state index contributed by atoms with van der Waals surface area (Å²) in [6, 6.07) is 0. The number of allylic oxidation sites excluding steroid dienone is 1. The van der Waals surface area contributed by atoms with Crippen molar-refractivity contribution in [2.24, 2.45) is 10.8 Å². The van der Waals surface area contributed by atoms with Crippen molar-refractivity contribution in [3.63, 3.8) is 0 Å². The summed E-state index contributed by atoms with van der Waals surface area (Å²) in [4.78, 5) is 0. The third-order valence-corrected chi connectivity index (χ3v) is 2.42. The first-order chi connectivity index (χ1) is 8.18. The van der Waals surface area contributed by atoms with Gasteiger partial charge in [-0.3, -0.25) is 0 Å². The lowest BCUT2D eigenvalue weighted by Gasteiger charge is -2.29. The summed E-state index contributed by atoms with van der Waals surface area (Å²) in [5.41, 5.74) is 1.62. The zero-order chi connectivity index (χ0) is 14.8. The van der Waals surface area contributed by atoms with Crippen molar-refractivity contribution in [3.8, 4) is 0 Å². The van der Waals surface area contributed by atoms with Crippen molar-refractivity contribution in [3.05, 3.63) is 12.2 Å². The van der Waals surface area contributed by atoms with Gasteiger partial charge in [-0.1, -0.05) is 47.1 Å². The van der Waals surface area contributed by atoms with Crippen LogP contribution in [0.2, 0.25) is 0 Å². The average molecular weight is 257 g/mol. The molecule has 0 spiro atoms. The van der Waals surface area contributed by atoms with Crippen LogP contribution >= 0.6 is 0 Å². The molecule has 0 unspecified atom stereocenters. The van der Waals surface area contributed by atoms with Gasteiger partial charge in [0.1, 0.15) is 0 Å². The predicted molar refractivity (Wildman–Crippen MR) is 83.1 cm³/mol. The van der Waals surface area contributed by atoms with Crippen LogP contribution in [0, 0.1) is 10.8 Å². The molecule has 0 aromatic carbocycles. The minimum atomic E-state index is 0.196. The van der Waals surface area contributed by atoms with Gasteiger partial charge in [-0.15, -0.1) is 6.58 Å². The fraction of sp³-hybridized carbons (Fsp3) is 0.875. The van der Waals surface area contributed by atoms with Crippen molar-refractivity contribution in [2.75, 3.05) is 26.8 Å². The van der Waals surface area contributed by atoms with Crippen LogP contribution in [-0.2, 0) is 4.74 Å². The lowest BCUT2D eigenvalue weighted by atomic mass is 9.87. The Kier molecular flexibility index (Phi) is 10.6. The Balaban J connectivity index is 0. The molecule has 0 aliphatic heterocycles. The van der Waals surface area contributed by atoms with Gasteiger partial charge in [-0.2, -0.15) is 0 Å². The van der Waals surface area contributed by atoms with Crippen molar-refractivity contribution in [1.82, 2.24) is 5.32 Å². The van der Waals surface area contributed by atoms with Gasteiger partial charge in [0, 0.05) is 12.0 Å². The molecular formula is C16H35NO. The summed E-state index contributed by atoms with van der Waals surface area (Å²) in [5, 5.41) is 3.19. The van der Waals surface area contributed by atoms with E-state index in [1.807, 2.05) is 20.9 Å². The third kappa shape index (κ3) is 12.1. The molecule has 110 valence electrons. The molecule has 0 aliphatic carbocycles. The molecule has 0 aromatic rings. The Morgan fingerprint density at radius 1 is 1.06 bits per heavy atom. The zero-order valence-electron chi connectivity index (χ0n) is 13.9. The van der Waals surface area contributed by atoms with E-state index in [4.69, 9.17) is 4.74 Å². The first-order valence-electron chi connectivity index (χ1n) is 7.05. The van der Waals surface area contributed by atoms with E-state index in [1.165, 1.54) is 5.57 Å². The molecule has 0 radical (unpaired) electrons. The van der Waals surface area contributed by atoms with Crippen LogP contribution in [0.25, 0.3) is 0 Å². The molecule has 0 saturated carbocycles. The molecular weight excluding hydrogens is 222 g/mol. The molecule has 0 atom stereocenters. The predicted octanol–water partition coefficient (Wildman–Crippen LogP) is 4.27. The summed E-state index contributed by atoms with van der Waals surface area (Å²) in [6.07, 6.45) is 1.03. The van der Waals surface area contributed by atoms with Crippen molar-refractivity contribution in [1.29, 1.82) is 0 Å². The number of nitrogens with one attached hydrogen (secondary N) is 1. The van der Waals surface area contributed by atoms with Gasteiger partial charge in [0.05, 0.1) is 13.2 Å². The Bertz CT molecular complexity index is 219. The van der Waals surface area contributed by atoms with E-state index in [2.05, 4.69) is 46.5 Å². The normalized spacial score (nSPS) is 11.8. The van der Waals surface area contributed by atoms with E-state index in [0.717, 1.165) is 26.2 Å². The molecule has 0 aromatic heterocycles. The van der Waals surface area contributed by atoms with Gasteiger partial charge in [-0.05, 0) is 25.8 Å². The molecule has 0 fully saturated rings.